The summed E-state index contributed by atoms with van der Waals surface area (Å²) < 4.78 is 5.32. The molecule has 0 fully saturated rings. The molecule has 0 atom stereocenters. The van der Waals surface area contributed by atoms with Crippen LogP contribution in [0.1, 0.15) is 27.0 Å². The Balaban J connectivity index is 1.41. The maximum absolute atomic E-state index is 13.0. The van der Waals surface area contributed by atoms with Gasteiger partial charge in [0.25, 0.3) is 5.91 Å². The monoisotopic (exact) mass is 465 g/mol. The van der Waals surface area contributed by atoms with Crippen molar-refractivity contribution in [3.8, 4) is 11.1 Å². The molecule has 1 aromatic heterocycles. The molecule has 0 aliphatic heterocycles. The predicted octanol–water partition coefficient (Wildman–Crippen LogP) is 5.15. The number of pyridine rings is 1. The molecule has 0 unspecified atom stereocenters. The Kier molecular flexibility index (Phi) is 8.22. The van der Waals surface area contributed by atoms with Crippen molar-refractivity contribution in [1.29, 1.82) is 0 Å². The fraction of sp³-hybridized carbons (Fsp3) is 0.138. The molecule has 0 radical (unpaired) electrons. The number of carbonyl (C=O) groups is 2. The van der Waals surface area contributed by atoms with E-state index in [2.05, 4.69) is 15.6 Å². The van der Waals surface area contributed by atoms with Gasteiger partial charge in [-0.05, 0) is 46.4 Å². The number of carbonyl (C=O) groups excluding carboxylic acids is 2. The van der Waals surface area contributed by atoms with Gasteiger partial charge in [0.15, 0.2) is 0 Å². The maximum Gasteiger partial charge on any atom is 0.407 e. The predicted molar refractivity (Wildman–Crippen MR) is 136 cm³/mol. The lowest BCUT2D eigenvalue weighted by Crippen LogP contribution is -2.26. The number of ether oxygens (including phenoxy) is 1. The number of hydrogen-bond donors (Lipinski definition) is 2. The van der Waals surface area contributed by atoms with Gasteiger partial charge >= 0.3 is 6.09 Å². The molecular weight excluding hydrogens is 438 g/mol. The maximum atomic E-state index is 13.0. The first-order chi connectivity index (χ1) is 17.2. The Morgan fingerprint density at radius 1 is 0.743 bits per heavy atom. The Labute approximate surface area is 205 Å². The Bertz CT molecular complexity index is 1260. The summed E-state index contributed by atoms with van der Waals surface area (Å²) in [6.45, 7) is 0.993. The lowest BCUT2D eigenvalue weighted by atomic mass is 9.95. The lowest BCUT2D eigenvalue weighted by molar-refractivity contribution is 0.0954. The van der Waals surface area contributed by atoms with Crippen LogP contribution in [0.25, 0.3) is 11.1 Å². The minimum Gasteiger partial charge on any atom is -0.445 e. The van der Waals surface area contributed by atoms with Crippen LogP contribution in [0, 0.1) is 0 Å². The summed E-state index contributed by atoms with van der Waals surface area (Å²) in [5.74, 6) is -0.144. The van der Waals surface area contributed by atoms with Crippen molar-refractivity contribution in [1.82, 2.24) is 15.6 Å². The molecule has 0 saturated carbocycles. The highest BCUT2D eigenvalue weighted by Crippen LogP contribution is 2.27. The Morgan fingerprint density at radius 3 is 2.26 bits per heavy atom. The summed E-state index contributed by atoms with van der Waals surface area (Å²) in [6, 6.07) is 28.6. The van der Waals surface area contributed by atoms with E-state index in [0.717, 1.165) is 27.8 Å². The van der Waals surface area contributed by atoms with Crippen LogP contribution in [0.15, 0.2) is 103 Å². The third-order valence-corrected chi connectivity index (χ3v) is 5.54. The number of amides is 2. The number of rotatable bonds is 9. The molecule has 4 rings (SSSR count). The quantitative estimate of drug-likeness (QED) is 0.358. The largest absolute Gasteiger partial charge is 0.445 e. The van der Waals surface area contributed by atoms with Crippen LogP contribution < -0.4 is 10.6 Å². The van der Waals surface area contributed by atoms with Crippen LogP contribution in [0.3, 0.4) is 0 Å². The molecule has 4 aromatic rings. The van der Waals surface area contributed by atoms with Gasteiger partial charge in [0.2, 0.25) is 0 Å². The molecule has 0 spiro atoms. The molecule has 6 nitrogen and oxygen atoms in total. The Hall–Kier alpha value is -4.45. The second-order valence-electron chi connectivity index (χ2n) is 7.99. The molecule has 0 aliphatic carbocycles. The molecule has 176 valence electrons. The minimum atomic E-state index is -0.495. The van der Waals surface area contributed by atoms with Gasteiger partial charge in [0.05, 0.1) is 0 Å². The smallest absolute Gasteiger partial charge is 0.407 e. The van der Waals surface area contributed by atoms with E-state index >= 15 is 0 Å². The van der Waals surface area contributed by atoms with Gasteiger partial charge in [0, 0.05) is 31.0 Å². The van der Waals surface area contributed by atoms with Crippen molar-refractivity contribution < 1.29 is 14.3 Å². The summed E-state index contributed by atoms with van der Waals surface area (Å²) >= 11 is 0. The third kappa shape index (κ3) is 6.77. The van der Waals surface area contributed by atoms with Gasteiger partial charge in [-0.2, -0.15) is 0 Å². The molecule has 2 amide bonds. The van der Waals surface area contributed by atoms with Crippen molar-refractivity contribution in [3.63, 3.8) is 0 Å². The van der Waals surface area contributed by atoms with E-state index < -0.39 is 6.09 Å². The first-order valence-electron chi connectivity index (χ1n) is 11.5. The topological polar surface area (TPSA) is 80.3 Å². The second-order valence-corrected chi connectivity index (χ2v) is 7.99. The first kappa shape index (κ1) is 23.7. The SMILES string of the molecule is O=C(NCc1ccccc1-c1ccccc1C(=O)NCCc1cccnc1)OCc1ccccc1. The summed E-state index contributed by atoms with van der Waals surface area (Å²) in [5, 5.41) is 5.82. The minimum absolute atomic E-state index is 0.144. The number of nitrogens with zero attached hydrogens (tertiary/aromatic N) is 1. The number of alkyl carbamates (subject to hydrolysis) is 1. The number of benzene rings is 3. The van der Waals surface area contributed by atoms with E-state index in [1.54, 1.807) is 12.4 Å². The molecule has 0 bridgehead atoms. The molecule has 2 N–H and O–H groups in total. The highest BCUT2D eigenvalue weighted by atomic mass is 16.5. The second kappa shape index (κ2) is 12.1. The molecule has 0 saturated heterocycles. The van der Waals surface area contributed by atoms with Gasteiger partial charge in [-0.3, -0.25) is 9.78 Å². The van der Waals surface area contributed by atoms with E-state index in [-0.39, 0.29) is 19.1 Å². The zero-order chi connectivity index (χ0) is 24.3. The standard InChI is InChI=1S/C29H27N3O3/c33-28(31-18-16-22-11-8-17-30-19-22)27-15-7-6-14-26(27)25-13-5-4-12-24(25)20-32-29(34)35-21-23-9-2-1-3-10-23/h1-15,17,19H,16,18,20-21H2,(H,31,33)(H,32,34). The zero-order valence-corrected chi connectivity index (χ0v) is 19.3. The number of aromatic nitrogens is 1. The van der Waals surface area contributed by atoms with E-state index in [0.29, 0.717) is 18.5 Å². The fourth-order valence-corrected chi connectivity index (χ4v) is 3.76. The molecule has 0 aliphatic rings. The van der Waals surface area contributed by atoms with Crippen LogP contribution in [0.5, 0.6) is 0 Å². The van der Waals surface area contributed by atoms with E-state index in [4.69, 9.17) is 4.74 Å². The molecular formula is C29H27N3O3. The van der Waals surface area contributed by atoms with Crippen LogP contribution in [0.2, 0.25) is 0 Å². The lowest BCUT2D eigenvalue weighted by Gasteiger charge is -2.15. The van der Waals surface area contributed by atoms with E-state index in [9.17, 15) is 9.59 Å². The fourth-order valence-electron chi connectivity index (χ4n) is 3.76. The zero-order valence-electron chi connectivity index (χ0n) is 19.3. The normalized spacial score (nSPS) is 10.4. The van der Waals surface area contributed by atoms with Crippen molar-refractivity contribution in [2.45, 2.75) is 19.6 Å². The van der Waals surface area contributed by atoms with Crippen LogP contribution in [0.4, 0.5) is 4.79 Å². The first-order valence-corrected chi connectivity index (χ1v) is 11.5. The van der Waals surface area contributed by atoms with Crippen molar-refractivity contribution in [3.05, 3.63) is 126 Å². The van der Waals surface area contributed by atoms with Crippen LogP contribution in [-0.4, -0.2) is 23.5 Å². The summed E-state index contributed by atoms with van der Waals surface area (Å²) in [5.41, 5.74) is 5.15. The van der Waals surface area contributed by atoms with Crippen molar-refractivity contribution >= 4 is 12.0 Å². The van der Waals surface area contributed by atoms with E-state index in [1.165, 1.54) is 0 Å². The molecule has 6 heteroatoms. The van der Waals surface area contributed by atoms with Crippen molar-refractivity contribution in [2.75, 3.05) is 6.54 Å². The highest BCUT2D eigenvalue weighted by Gasteiger charge is 2.15. The summed E-state index contributed by atoms with van der Waals surface area (Å²) in [7, 11) is 0. The molecule has 3 aromatic carbocycles. The van der Waals surface area contributed by atoms with Gasteiger partial charge in [-0.15, -0.1) is 0 Å². The molecule has 35 heavy (non-hydrogen) atoms. The van der Waals surface area contributed by atoms with Crippen molar-refractivity contribution in [2.24, 2.45) is 0 Å². The van der Waals surface area contributed by atoms with E-state index in [1.807, 2.05) is 91.0 Å². The van der Waals surface area contributed by atoms with Crippen LogP contribution >= 0.6 is 0 Å². The van der Waals surface area contributed by atoms with Gasteiger partial charge in [-0.25, -0.2) is 4.79 Å². The number of nitrogens with one attached hydrogen (secondary N) is 2. The Morgan fingerprint density at radius 2 is 1.46 bits per heavy atom. The van der Waals surface area contributed by atoms with Gasteiger partial charge < -0.3 is 15.4 Å². The van der Waals surface area contributed by atoms with Gasteiger partial charge in [0.1, 0.15) is 6.61 Å². The van der Waals surface area contributed by atoms with Gasteiger partial charge in [-0.1, -0.05) is 78.9 Å². The average molecular weight is 466 g/mol. The highest BCUT2D eigenvalue weighted by molar-refractivity contribution is 6.01. The number of hydrogen-bond acceptors (Lipinski definition) is 4. The molecule has 1 heterocycles. The van der Waals surface area contributed by atoms with Crippen LogP contribution in [-0.2, 0) is 24.3 Å². The third-order valence-electron chi connectivity index (χ3n) is 5.54. The average Bonchev–Trinajstić information content (AvgIpc) is 2.92. The summed E-state index contributed by atoms with van der Waals surface area (Å²) in [6.07, 6.45) is 3.74. The summed E-state index contributed by atoms with van der Waals surface area (Å²) in [4.78, 5) is 29.4.